The average Bonchev–Trinajstić information content (AvgIpc) is 2.77. The summed E-state index contributed by atoms with van der Waals surface area (Å²) in [5.74, 6) is 1.23. The lowest BCUT2D eigenvalue weighted by atomic mass is 10.5. The van der Waals surface area contributed by atoms with Crippen LogP contribution in [0.3, 0.4) is 0 Å². The van der Waals surface area contributed by atoms with Crippen molar-refractivity contribution >= 4 is 12.2 Å². The highest BCUT2D eigenvalue weighted by Crippen LogP contribution is 2.14. The number of rotatable bonds is 2. The van der Waals surface area contributed by atoms with E-state index in [0.717, 1.165) is 13.1 Å². The van der Waals surface area contributed by atoms with Gasteiger partial charge in [0.2, 0.25) is 10.6 Å². The van der Waals surface area contributed by atoms with Crippen LogP contribution in [-0.2, 0) is 11.8 Å². The molecule has 0 amide bonds. The van der Waals surface area contributed by atoms with Crippen molar-refractivity contribution in [1.29, 1.82) is 0 Å². The van der Waals surface area contributed by atoms with Gasteiger partial charge in [-0.15, -0.1) is 5.10 Å². The fourth-order valence-corrected chi connectivity index (χ4v) is 2.26. The summed E-state index contributed by atoms with van der Waals surface area (Å²) >= 11 is 5.42. The topological polar surface area (TPSA) is 61.0 Å². The van der Waals surface area contributed by atoms with Gasteiger partial charge in [-0.25, -0.2) is 19.3 Å². The van der Waals surface area contributed by atoms with E-state index in [-0.39, 0.29) is 0 Å². The maximum absolute atomic E-state index is 5.42. The van der Waals surface area contributed by atoms with E-state index in [1.54, 1.807) is 23.1 Å². The SMILES string of the molecule is Cn1nc(-c2ncccn2)n(N2CCOCC2)c1=S. The van der Waals surface area contributed by atoms with Gasteiger partial charge in [-0.3, -0.25) is 0 Å². The molecule has 0 saturated carbocycles. The first kappa shape index (κ1) is 12.2. The molecule has 0 atom stereocenters. The van der Waals surface area contributed by atoms with Gasteiger partial charge >= 0.3 is 0 Å². The van der Waals surface area contributed by atoms with E-state index in [9.17, 15) is 0 Å². The highest BCUT2D eigenvalue weighted by Gasteiger charge is 2.20. The third kappa shape index (κ3) is 2.24. The van der Waals surface area contributed by atoms with Gasteiger partial charge in [-0.05, 0) is 18.3 Å². The fourth-order valence-electron chi connectivity index (χ4n) is 2.02. The molecule has 1 aliphatic heterocycles. The van der Waals surface area contributed by atoms with E-state index in [1.807, 2.05) is 11.7 Å². The second-order valence-electron chi connectivity index (χ2n) is 4.18. The molecule has 7 nitrogen and oxygen atoms in total. The lowest BCUT2D eigenvalue weighted by molar-refractivity contribution is 0.111. The Kier molecular flexibility index (Phi) is 3.26. The maximum Gasteiger partial charge on any atom is 0.219 e. The first-order valence-corrected chi connectivity index (χ1v) is 6.44. The van der Waals surface area contributed by atoms with Crippen LogP contribution in [0.25, 0.3) is 11.6 Å². The van der Waals surface area contributed by atoms with Gasteiger partial charge in [0.25, 0.3) is 0 Å². The van der Waals surface area contributed by atoms with Crippen LogP contribution < -0.4 is 5.01 Å². The molecule has 1 saturated heterocycles. The Bertz CT molecular complexity index is 616. The molecule has 0 unspecified atom stereocenters. The third-order valence-electron chi connectivity index (χ3n) is 2.94. The van der Waals surface area contributed by atoms with E-state index in [0.29, 0.717) is 29.6 Å². The molecule has 0 aromatic carbocycles. The third-order valence-corrected chi connectivity index (χ3v) is 3.38. The molecule has 8 heteroatoms. The van der Waals surface area contributed by atoms with Crippen LogP contribution in [0.2, 0.25) is 0 Å². The van der Waals surface area contributed by atoms with Crippen LogP contribution in [-0.4, -0.2) is 50.7 Å². The van der Waals surface area contributed by atoms with Gasteiger partial charge in [0.15, 0.2) is 5.82 Å². The zero-order chi connectivity index (χ0) is 13.2. The van der Waals surface area contributed by atoms with Crippen LogP contribution in [0, 0.1) is 4.77 Å². The van der Waals surface area contributed by atoms with Crippen molar-refractivity contribution in [1.82, 2.24) is 24.4 Å². The minimum absolute atomic E-state index is 0.570. The molecular weight excluding hydrogens is 264 g/mol. The molecular formula is C11H14N6OS. The lowest BCUT2D eigenvalue weighted by Crippen LogP contribution is -2.44. The van der Waals surface area contributed by atoms with E-state index in [1.165, 1.54) is 0 Å². The first-order valence-electron chi connectivity index (χ1n) is 6.04. The van der Waals surface area contributed by atoms with Gasteiger partial charge in [0.1, 0.15) is 0 Å². The standard InChI is InChI=1S/C11H14N6OS/c1-15-11(19)17(16-5-7-18-8-6-16)10(14-15)9-12-3-2-4-13-9/h2-4H,5-8H2,1H3. The number of ether oxygens (including phenoxy) is 1. The predicted molar refractivity (Wildman–Crippen MR) is 71.8 cm³/mol. The zero-order valence-corrected chi connectivity index (χ0v) is 11.4. The molecule has 3 heterocycles. The highest BCUT2D eigenvalue weighted by molar-refractivity contribution is 7.71. The first-order chi connectivity index (χ1) is 9.27. The monoisotopic (exact) mass is 278 g/mol. The molecule has 2 aromatic rings. The molecule has 0 aliphatic carbocycles. The van der Waals surface area contributed by atoms with Crippen molar-refractivity contribution in [3.05, 3.63) is 23.2 Å². The van der Waals surface area contributed by atoms with E-state index >= 15 is 0 Å². The van der Waals surface area contributed by atoms with Crippen molar-refractivity contribution < 1.29 is 4.74 Å². The molecule has 0 spiro atoms. The molecule has 0 N–H and O–H groups in total. The summed E-state index contributed by atoms with van der Waals surface area (Å²) < 4.78 is 9.55. The Labute approximate surface area is 115 Å². The van der Waals surface area contributed by atoms with Crippen LogP contribution in [0.4, 0.5) is 0 Å². The summed E-state index contributed by atoms with van der Waals surface area (Å²) in [6.45, 7) is 2.93. The minimum Gasteiger partial charge on any atom is -0.378 e. The molecule has 1 aliphatic rings. The maximum atomic E-state index is 5.42. The average molecular weight is 278 g/mol. The number of morpholine rings is 1. The van der Waals surface area contributed by atoms with Gasteiger partial charge in [0, 0.05) is 19.4 Å². The van der Waals surface area contributed by atoms with Crippen molar-refractivity contribution in [2.75, 3.05) is 31.3 Å². The summed E-state index contributed by atoms with van der Waals surface area (Å²) in [4.78, 5) is 8.49. The quantitative estimate of drug-likeness (QED) is 0.740. The van der Waals surface area contributed by atoms with Crippen molar-refractivity contribution in [2.24, 2.45) is 7.05 Å². The minimum atomic E-state index is 0.570. The number of nitrogens with zero attached hydrogens (tertiary/aromatic N) is 6. The van der Waals surface area contributed by atoms with Crippen molar-refractivity contribution in [3.63, 3.8) is 0 Å². The van der Waals surface area contributed by atoms with Crippen LogP contribution in [0.1, 0.15) is 0 Å². The molecule has 0 bridgehead atoms. The molecule has 3 rings (SSSR count). The van der Waals surface area contributed by atoms with Gasteiger partial charge < -0.3 is 9.75 Å². The summed E-state index contributed by atoms with van der Waals surface area (Å²) in [5, 5.41) is 6.54. The Morgan fingerprint density at radius 3 is 2.58 bits per heavy atom. The Hall–Kier alpha value is -1.80. The molecule has 2 aromatic heterocycles. The number of aromatic nitrogens is 5. The summed E-state index contributed by atoms with van der Waals surface area (Å²) in [5.41, 5.74) is 0. The second-order valence-corrected chi connectivity index (χ2v) is 4.55. The summed E-state index contributed by atoms with van der Waals surface area (Å²) in [7, 11) is 1.83. The molecule has 100 valence electrons. The van der Waals surface area contributed by atoms with E-state index < -0.39 is 0 Å². The van der Waals surface area contributed by atoms with Crippen LogP contribution in [0.5, 0.6) is 0 Å². The van der Waals surface area contributed by atoms with E-state index in [2.05, 4.69) is 20.1 Å². The Morgan fingerprint density at radius 1 is 1.21 bits per heavy atom. The normalized spacial score (nSPS) is 15.7. The lowest BCUT2D eigenvalue weighted by Gasteiger charge is -2.29. The number of hydrogen-bond acceptors (Lipinski definition) is 6. The van der Waals surface area contributed by atoms with Crippen LogP contribution in [0.15, 0.2) is 18.5 Å². The van der Waals surface area contributed by atoms with Gasteiger partial charge in [-0.1, -0.05) is 0 Å². The molecule has 1 fully saturated rings. The number of hydrogen-bond donors (Lipinski definition) is 0. The smallest absolute Gasteiger partial charge is 0.219 e. The Balaban J connectivity index is 2.10. The fraction of sp³-hybridized carbons (Fsp3) is 0.455. The second kappa shape index (κ2) is 5.06. The molecule has 0 radical (unpaired) electrons. The van der Waals surface area contributed by atoms with Gasteiger partial charge in [0.05, 0.1) is 26.3 Å². The van der Waals surface area contributed by atoms with Crippen molar-refractivity contribution in [2.45, 2.75) is 0 Å². The largest absolute Gasteiger partial charge is 0.378 e. The highest BCUT2D eigenvalue weighted by atomic mass is 32.1. The van der Waals surface area contributed by atoms with Crippen LogP contribution >= 0.6 is 12.2 Å². The van der Waals surface area contributed by atoms with E-state index in [4.69, 9.17) is 17.0 Å². The van der Waals surface area contributed by atoms with Crippen molar-refractivity contribution in [3.8, 4) is 11.6 Å². The summed E-state index contributed by atoms with van der Waals surface area (Å²) in [6.07, 6.45) is 3.40. The molecule has 19 heavy (non-hydrogen) atoms. The predicted octanol–water partition coefficient (Wildman–Crippen LogP) is 0.376. The number of aryl methyl sites for hydroxylation is 1. The summed E-state index contributed by atoms with van der Waals surface area (Å²) in [6, 6.07) is 1.78. The van der Waals surface area contributed by atoms with Gasteiger partial charge in [-0.2, -0.15) is 0 Å². The zero-order valence-electron chi connectivity index (χ0n) is 10.6. The Morgan fingerprint density at radius 2 is 1.89 bits per heavy atom.